The molecule has 5 heteroatoms. The summed E-state index contributed by atoms with van der Waals surface area (Å²) in [6.07, 6.45) is 12.1. The van der Waals surface area contributed by atoms with E-state index in [1.165, 1.54) is 30.2 Å². The molecule has 5 nitrogen and oxygen atoms in total. The van der Waals surface area contributed by atoms with Gasteiger partial charge in [0, 0.05) is 28.1 Å². The third kappa shape index (κ3) is 4.65. The van der Waals surface area contributed by atoms with E-state index in [-0.39, 0.29) is 6.10 Å². The van der Waals surface area contributed by atoms with Crippen molar-refractivity contribution in [1.29, 1.82) is 0 Å². The number of H-pyrrole nitrogens is 2. The maximum absolute atomic E-state index is 6.42. The molecule has 0 aliphatic heterocycles. The van der Waals surface area contributed by atoms with Crippen molar-refractivity contribution in [3.05, 3.63) is 83.8 Å². The Kier molecular flexibility index (Phi) is 6.26. The van der Waals surface area contributed by atoms with Gasteiger partial charge < -0.3 is 15.5 Å². The van der Waals surface area contributed by atoms with Gasteiger partial charge in [-0.1, -0.05) is 36.3 Å². The molecule has 1 fully saturated rings. The van der Waals surface area contributed by atoms with Crippen molar-refractivity contribution in [2.45, 2.75) is 52.1 Å². The number of nitrogens with one attached hydrogen (secondary N) is 2. The smallest absolute Gasteiger partial charge is 0.120 e. The summed E-state index contributed by atoms with van der Waals surface area (Å²) in [7, 11) is 0. The Balaban J connectivity index is 1.51. The van der Waals surface area contributed by atoms with Crippen LogP contribution in [-0.4, -0.2) is 21.3 Å². The van der Waals surface area contributed by atoms with Gasteiger partial charge in [-0.25, -0.2) is 0 Å². The van der Waals surface area contributed by atoms with E-state index in [0.29, 0.717) is 0 Å². The normalized spacial score (nSPS) is 15.7. The van der Waals surface area contributed by atoms with Crippen LogP contribution < -0.4 is 5.73 Å². The molecule has 0 unspecified atom stereocenters. The van der Waals surface area contributed by atoms with E-state index in [9.17, 15) is 0 Å². The van der Waals surface area contributed by atoms with Crippen molar-refractivity contribution in [2.24, 2.45) is 5.73 Å². The van der Waals surface area contributed by atoms with Crippen LogP contribution in [0.5, 0.6) is 0 Å². The zero-order chi connectivity index (χ0) is 23.5. The predicted octanol–water partition coefficient (Wildman–Crippen LogP) is 7.21. The molecule has 0 atom stereocenters. The maximum atomic E-state index is 6.42. The van der Waals surface area contributed by atoms with Gasteiger partial charge in [0.2, 0.25) is 0 Å². The molecule has 0 amide bonds. The topological polar surface area (TPSA) is 79.7 Å². The van der Waals surface area contributed by atoms with Gasteiger partial charge in [-0.2, -0.15) is 5.10 Å². The molecule has 1 aliphatic carbocycles. The molecular formula is C29H32N4O. The Morgan fingerprint density at radius 3 is 2.59 bits per heavy atom. The number of rotatable bonds is 6. The lowest BCUT2D eigenvalue weighted by Gasteiger charge is -2.24. The first-order valence-corrected chi connectivity index (χ1v) is 12.1. The van der Waals surface area contributed by atoms with Gasteiger partial charge in [0.15, 0.2) is 0 Å². The summed E-state index contributed by atoms with van der Waals surface area (Å²) < 4.78 is 6.42. The van der Waals surface area contributed by atoms with Crippen LogP contribution in [0, 0.1) is 0 Å². The molecule has 34 heavy (non-hydrogen) atoms. The molecule has 174 valence electrons. The second-order valence-corrected chi connectivity index (χ2v) is 9.37. The summed E-state index contributed by atoms with van der Waals surface area (Å²) in [6.45, 7) is 4.18. The maximum Gasteiger partial charge on any atom is 0.120 e. The Labute approximate surface area is 200 Å². The minimum atomic E-state index is 0.277. The van der Waals surface area contributed by atoms with Crippen LogP contribution in [0.1, 0.15) is 51.5 Å². The average Bonchev–Trinajstić information content (AvgIpc) is 3.46. The fourth-order valence-corrected chi connectivity index (χ4v) is 4.75. The van der Waals surface area contributed by atoms with E-state index in [1.54, 1.807) is 6.20 Å². The zero-order valence-corrected chi connectivity index (χ0v) is 19.9. The van der Waals surface area contributed by atoms with E-state index in [0.717, 1.165) is 57.5 Å². The van der Waals surface area contributed by atoms with E-state index in [2.05, 4.69) is 77.6 Å². The Bertz CT molecular complexity index is 1360. The Morgan fingerprint density at radius 1 is 1.00 bits per heavy atom. The Morgan fingerprint density at radius 2 is 1.82 bits per heavy atom. The first-order chi connectivity index (χ1) is 16.6. The van der Waals surface area contributed by atoms with Crippen LogP contribution in [0.25, 0.3) is 38.8 Å². The number of nitrogens with zero attached hydrogens (tertiary/aromatic N) is 1. The van der Waals surface area contributed by atoms with Gasteiger partial charge in [0.25, 0.3) is 0 Å². The van der Waals surface area contributed by atoms with E-state index < -0.39 is 0 Å². The SMILES string of the molecule is CC(C)=C/C(=C\C(=C/N)c1ccc2[nH]nc(-c3cc4ccccc4[nH]3)c2c1)OC1CCCCC1. The first kappa shape index (κ1) is 22.1. The number of aromatic nitrogens is 3. The van der Waals surface area contributed by atoms with E-state index in [1.807, 2.05) is 12.1 Å². The molecule has 2 aromatic heterocycles. The summed E-state index contributed by atoms with van der Waals surface area (Å²) in [5.41, 5.74) is 13.3. The number of allylic oxidation sites excluding steroid dienone is 4. The standard InChI is InChI=1S/C29H32N4O/c1-19(2)14-24(34-23-9-4-3-5-10-23)15-22(18-30)20-12-13-27-25(16-20)29(33-32-27)28-17-21-8-6-7-11-26(21)31-28/h6-8,11-18,23,31H,3-5,9-10,30H2,1-2H3,(H,32,33)/b22-18+,24-15+. The molecule has 0 saturated heterocycles. The fourth-order valence-electron chi connectivity index (χ4n) is 4.75. The van der Waals surface area contributed by atoms with Crippen LogP contribution in [0.3, 0.4) is 0 Å². The quantitative estimate of drug-likeness (QED) is 0.214. The molecular weight excluding hydrogens is 420 g/mol. The van der Waals surface area contributed by atoms with Crippen molar-refractivity contribution < 1.29 is 4.74 Å². The fraction of sp³-hybridized carbons (Fsp3) is 0.276. The van der Waals surface area contributed by atoms with Crippen molar-refractivity contribution in [2.75, 3.05) is 0 Å². The van der Waals surface area contributed by atoms with Gasteiger partial charge >= 0.3 is 0 Å². The van der Waals surface area contributed by atoms with Gasteiger partial charge in [-0.05, 0) is 81.5 Å². The second kappa shape index (κ2) is 9.64. The van der Waals surface area contributed by atoms with E-state index >= 15 is 0 Å². The number of nitrogens with two attached hydrogens (primary N) is 1. The van der Waals surface area contributed by atoms with Crippen molar-refractivity contribution in [3.63, 3.8) is 0 Å². The average molecular weight is 453 g/mol. The van der Waals surface area contributed by atoms with Gasteiger partial charge in [0.05, 0.1) is 17.3 Å². The van der Waals surface area contributed by atoms with Crippen LogP contribution >= 0.6 is 0 Å². The monoisotopic (exact) mass is 452 g/mol. The van der Waals surface area contributed by atoms with Crippen molar-refractivity contribution in [1.82, 2.24) is 15.2 Å². The van der Waals surface area contributed by atoms with E-state index in [4.69, 9.17) is 10.5 Å². The summed E-state index contributed by atoms with van der Waals surface area (Å²) in [5.74, 6) is 0.867. The summed E-state index contributed by atoms with van der Waals surface area (Å²) in [6, 6.07) is 16.7. The molecule has 1 aliphatic rings. The lowest BCUT2D eigenvalue weighted by molar-refractivity contribution is 0.0900. The van der Waals surface area contributed by atoms with Crippen molar-refractivity contribution >= 4 is 27.4 Å². The highest BCUT2D eigenvalue weighted by Crippen LogP contribution is 2.31. The summed E-state index contributed by atoms with van der Waals surface area (Å²) in [4.78, 5) is 3.49. The highest BCUT2D eigenvalue weighted by atomic mass is 16.5. The predicted molar refractivity (Wildman–Crippen MR) is 141 cm³/mol. The van der Waals surface area contributed by atoms with Crippen LogP contribution in [-0.2, 0) is 4.74 Å². The zero-order valence-electron chi connectivity index (χ0n) is 19.9. The number of ether oxygens (including phenoxy) is 1. The molecule has 1 saturated carbocycles. The molecule has 2 aromatic carbocycles. The molecule has 4 aromatic rings. The number of para-hydroxylation sites is 1. The number of hydrogen-bond donors (Lipinski definition) is 3. The largest absolute Gasteiger partial charge is 0.490 e. The summed E-state index contributed by atoms with van der Waals surface area (Å²) >= 11 is 0. The van der Waals surface area contributed by atoms with Crippen LogP contribution in [0.15, 0.2) is 78.2 Å². The molecule has 4 N–H and O–H groups in total. The minimum Gasteiger partial charge on any atom is -0.490 e. The lowest BCUT2D eigenvalue weighted by atomic mass is 9.97. The molecule has 2 heterocycles. The number of hydrogen-bond acceptors (Lipinski definition) is 3. The molecule has 0 spiro atoms. The second-order valence-electron chi connectivity index (χ2n) is 9.37. The summed E-state index contributed by atoms with van der Waals surface area (Å²) in [5, 5.41) is 9.99. The molecule has 5 rings (SSSR count). The third-order valence-electron chi connectivity index (χ3n) is 6.44. The molecule has 0 bridgehead atoms. The lowest BCUT2D eigenvalue weighted by Crippen LogP contribution is -2.16. The van der Waals surface area contributed by atoms with Gasteiger partial charge in [-0.15, -0.1) is 0 Å². The Hall–Kier alpha value is -3.73. The van der Waals surface area contributed by atoms with Gasteiger partial charge in [0.1, 0.15) is 11.5 Å². The minimum absolute atomic E-state index is 0.277. The third-order valence-corrected chi connectivity index (χ3v) is 6.44. The number of benzene rings is 2. The number of aromatic amines is 2. The highest BCUT2D eigenvalue weighted by Gasteiger charge is 2.16. The molecule has 0 radical (unpaired) electrons. The number of fused-ring (bicyclic) bond motifs is 2. The van der Waals surface area contributed by atoms with Crippen LogP contribution in [0.4, 0.5) is 0 Å². The van der Waals surface area contributed by atoms with Crippen molar-refractivity contribution in [3.8, 4) is 11.4 Å². The van der Waals surface area contributed by atoms with Gasteiger partial charge in [-0.3, -0.25) is 5.10 Å². The first-order valence-electron chi connectivity index (χ1n) is 12.1. The van der Waals surface area contributed by atoms with Crippen LogP contribution in [0.2, 0.25) is 0 Å². The highest BCUT2D eigenvalue weighted by molar-refractivity contribution is 5.97.